The maximum Gasteiger partial charge on any atom is 0.308 e. The van der Waals surface area contributed by atoms with Crippen molar-refractivity contribution >= 4 is 28.9 Å². The van der Waals surface area contributed by atoms with Crippen molar-refractivity contribution in [3.05, 3.63) is 0 Å². The molecule has 0 amide bonds. The van der Waals surface area contributed by atoms with Crippen LogP contribution >= 0.6 is 0 Å². The van der Waals surface area contributed by atoms with E-state index in [1.807, 2.05) is 0 Å². The van der Waals surface area contributed by atoms with E-state index >= 15 is 0 Å². The molecule has 33 heavy (non-hydrogen) atoms. The van der Waals surface area contributed by atoms with Crippen molar-refractivity contribution in [3.8, 4) is 0 Å². The summed E-state index contributed by atoms with van der Waals surface area (Å²) < 4.78 is 31.3. The third kappa shape index (κ3) is 6.55. The van der Waals surface area contributed by atoms with Gasteiger partial charge in [-0.3, -0.25) is 4.79 Å². The van der Waals surface area contributed by atoms with Crippen molar-refractivity contribution < 1.29 is 32.7 Å². The fraction of sp³-hybridized carbons (Fsp3) is 0.917. The minimum Gasteiger partial charge on any atom is -0.469 e. The zero-order valence-corrected chi connectivity index (χ0v) is 24.5. The Morgan fingerprint density at radius 1 is 0.909 bits per heavy atom. The lowest BCUT2D eigenvalue weighted by Crippen LogP contribution is -2.67. The second-order valence-corrected chi connectivity index (χ2v) is 22.1. The van der Waals surface area contributed by atoms with Gasteiger partial charge in [-0.15, -0.1) is 0 Å². The van der Waals surface area contributed by atoms with Gasteiger partial charge in [0.05, 0.1) is 25.7 Å². The predicted octanol–water partition coefficient (Wildman–Crippen LogP) is 4.84. The van der Waals surface area contributed by atoms with Crippen molar-refractivity contribution in [2.24, 2.45) is 0 Å². The lowest BCUT2D eigenvalue weighted by Gasteiger charge is -2.53. The molecule has 192 valence electrons. The van der Waals surface area contributed by atoms with Crippen LogP contribution in [0.4, 0.5) is 0 Å². The first kappa shape index (κ1) is 28.6. The van der Waals surface area contributed by atoms with E-state index in [0.717, 1.165) is 6.29 Å². The number of hydrogen-bond donors (Lipinski definition) is 0. The van der Waals surface area contributed by atoms with E-state index in [2.05, 4.69) is 67.7 Å². The quantitative estimate of drug-likeness (QED) is 0.280. The van der Waals surface area contributed by atoms with Crippen molar-refractivity contribution in [2.75, 3.05) is 7.11 Å². The van der Waals surface area contributed by atoms with Gasteiger partial charge in [-0.2, -0.15) is 0 Å². The Morgan fingerprint density at radius 2 is 1.42 bits per heavy atom. The summed E-state index contributed by atoms with van der Waals surface area (Å²) in [4.78, 5) is 24.1. The van der Waals surface area contributed by atoms with Crippen LogP contribution in [0.1, 0.15) is 60.8 Å². The fourth-order valence-electron chi connectivity index (χ4n) is 3.81. The third-order valence-corrected chi connectivity index (χ3v) is 17.0. The summed E-state index contributed by atoms with van der Waals surface area (Å²) >= 11 is 0. The number of carbonyl (C=O) groups excluding carboxylic acids is 2. The van der Waals surface area contributed by atoms with Crippen LogP contribution in [0.15, 0.2) is 0 Å². The summed E-state index contributed by atoms with van der Waals surface area (Å²) in [5.41, 5.74) is 0. The zero-order valence-electron chi connectivity index (χ0n) is 22.5. The fourth-order valence-corrected chi connectivity index (χ4v) is 6.42. The number of hydrogen-bond acceptors (Lipinski definition) is 7. The predicted molar refractivity (Wildman–Crippen MR) is 133 cm³/mol. The normalized spacial score (nSPS) is 31.6. The molecule has 9 heteroatoms. The molecule has 2 saturated heterocycles. The van der Waals surface area contributed by atoms with Crippen LogP contribution in [0.2, 0.25) is 36.3 Å². The lowest BCUT2D eigenvalue weighted by molar-refractivity contribution is -0.250. The van der Waals surface area contributed by atoms with E-state index in [-0.39, 0.29) is 34.7 Å². The van der Waals surface area contributed by atoms with Crippen LogP contribution in [-0.4, -0.2) is 72.6 Å². The van der Waals surface area contributed by atoms with E-state index in [4.69, 9.17) is 23.1 Å². The van der Waals surface area contributed by atoms with Crippen molar-refractivity contribution in [1.29, 1.82) is 0 Å². The summed E-state index contributed by atoms with van der Waals surface area (Å²) in [6.07, 6.45) is -0.260. The van der Waals surface area contributed by atoms with E-state index in [1.54, 1.807) is 0 Å². The number of fused-ring (bicyclic) bond motifs is 1. The molecule has 0 aliphatic carbocycles. The number of aldehydes is 1. The summed E-state index contributed by atoms with van der Waals surface area (Å²) in [6.45, 7) is 21.9. The molecule has 0 aromatic heterocycles. The van der Waals surface area contributed by atoms with Gasteiger partial charge in [0.15, 0.2) is 22.9 Å². The first-order chi connectivity index (χ1) is 14.9. The average molecular weight is 503 g/mol. The number of ether oxygens (including phenoxy) is 3. The molecular formula is C24H46O7Si2. The molecule has 0 N–H and O–H groups in total. The summed E-state index contributed by atoms with van der Waals surface area (Å²) in [5, 5.41) is -0.0707. The first-order valence-corrected chi connectivity index (χ1v) is 17.9. The van der Waals surface area contributed by atoms with E-state index < -0.39 is 41.1 Å². The molecule has 0 spiro atoms. The highest BCUT2D eigenvalue weighted by Gasteiger charge is 2.55. The van der Waals surface area contributed by atoms with E-state index in [0.29, 0.717) is 12.8 Å². The summed E-state index contributed by atoms with van der Waals surface area (Å²) in [6, 6.07) is 0. The maximum absolute atomic E-state index is 12.2. The van der Waals surface area contributed by atoms with Crippen LogP contribution in [0.5, 0.6) is 0 Å². The Kier molecular flexibility index (Phi) is 8.84. The smallest absolute Gasteiger partial charge is 0.308 e. The molecule has 0 bridgehead atoms. The van der Waals surface area contributed by atoms with Gasteiger partial charge in [0, 0.05) is 0 Å². The Labute approximate surface area is 202 Å². The van der Waals surface area contributed by atoms with Gasteiger partial charge in [0.25, 0.3) is 0 Å². The molecule has 2 aliphatic heterocycles. The number of rotatable bonds is 7. The summed E-state index contributed by atoms with van der Waals surface area (Å²) in [5.74, 6) is -0.295. The molecule has 7 nitrogen and oxygen atoms in total. The van der Waals surface area contributed by atoms with Crippen LogP contribution in [0.25, 0.3) is 0 Å². The lowest BCUT2D eigenvalue weighted by atomic mass is 9.89. The Bertz CT molecular complexity index is 696. The van der Waals surface area contributed by atoms with Crippen LogP contribution < -0.4 is 0 Å². The molecule has 2 fully saturated rings. The minimum absolute atomic E-state index is 0.0287. The molecule has 0 saturated carbocycles. The van der Waals surface area contributed by atoms with Gasteiger partial charge >= 0.3 is 5.97 Å². The van der Waals surface area contributed by atoms with Gasteiger partial charge in [-0.05, 0) is 49.1 Å². The first-order valence-electron chi connectivity index (χ1n) is 12.1. The largest absolute Gasteiger partial charge is 0.469 e. The molecule has 0 aromatic rings. The van der Waals surface area contributed by atoms with Crippen molar-refractivity contribution in [3.63, 3.8) is 0 Å². The second-order valence-electron chi connectivity index (χ2n) is 12.5. The molecule has 0 aromatic carbocycles. The van der Waals surface area contributed by atoms with Crippen molar-refractivity contribution in [1.82, 2.24) is 0 Å². The highest BCUT2D eigenvalue weighted by Crippen LogP contribution is 2.44. The maximum atomic E-state index is 12.2. The molecule has 2 aliphatic rings. The van der Waals surface area contributed by atoms with E-state index in [1.165, 1.54) is 7.11 Å². The average Bonchev–Trinajstić information content (AvgIpc) is 2.67. The van der Waals surface area contributed by atoms with Gasteiger partial charge < -0.3 is 27.9 Å². The van der Waals surface area contributed by atoms with Gasteiger partial charge in [0.1, 0.15) is 24.4 Å². The highest BCUT2D eigenvalue weighted by molar-refractivity contribution is 6.74. The molecule has 2 rings (SSSR count). The Hall–Kier alpha value is -0.586. The topological polar surface area (TPSA) is 80.3 Å². The Morgan fingerprint density at radius 3 is 1.88 bits per heavy atom. The van der Waals surface area contributed by atoms with Gasteiger partial charge in [-0.1, -0.05) is 41.5 Å². The molecule has 2 heterocycles. The van der Waals surface area contributed by atoms with Crippen LogP contribution in [0, 0.1) is 0 Å². The number of methoxy groups -OCH3 is 1. The third-order valence-electron chi connectivity index (χ3n) is 8.02. The van der Waals surface area contributed by atoms with Crippen LogP contribution in [0.3, 0.4) is 0 Å². The second kappa shape index (κ2) is 10.2. The van der Waals surface area contributed by atoms with Gasteiger partial charge in [-0.25, -0.2) is 0 Å². The van der Waals surface area contributed by atoms with E-state index in [9.17, 15) is 9.59 Å². The van der Waals surface area contributed by atoms with Crippen LogP contribution in [-0.2, 0) is 32.7 Å². The zero-order chi connectivity index (χ0) is 25.4. The molecule has 0 radical (unpaired) electrons. The SMILES string of the molecule is COC(=O)CC1CCC2OC(C=O)C(O[Si](C)(C)C(C)(C)C)C(O[Si](C)(C)C(C)(C)C)[C@H]2O1. The molecule has 5 unspecified atom stereocenters. The molecular weight excluding hydrogens is 456 g/mol. The molecule has 6 atom stereocenters. The minimum atomic E-state index is -2.25. The Balaban J connectivity index is 2.45. The monoisotopic (exact) mass is 502 g/mol. The summed E-state index contributed by atoms with van der Waals surface area (Å²) in [7, 11) is -3.11. The standard InChI is InChI=1S/C24H46O7Si2/c1-23(2,3)32(8,9)30-21-18(15-25)29-17-13-12-16(14-19(26)27-7)28-20(17)22(21)31-33(10,11)24(4,5)6/h15-18,20-22H,12-14H2,1-11H3/t16?,17?,18?,20-,21?,22?/m0/s1. The van der Waals surface area contributed by atoms with Crippen molar-refractivity contribution in [2.45, 2.75) is 134 Å². The highest BCUT2D eigenvalue weighted by atomic mass is 28.4. The van der Waals surface area contributed by atoms with Gasteiger partial charge in [0.2, 0.25) is 0 Å². The number of carbonyl (C=O) groups is 2. The number of esters is 1.